The molecule has 0 heterocycles. The number of carbonyl (C=O) groups is 1. The number of methoxy groups -OCH3 is 1. The smallest absolute Gasteiger partial charge is 0.330 e. The first-order valence-electron chi connectivity index (χ1n) is 4.09. The van der Waals surface area contributed by atoms with E-state index in [2.05, 4.69) is 10.7 Å². The zero-order valence-corrected chi connectivity index (χ0v) is 7.69. The summed E-state index contributed by atoms with van der Waals surface area (Å²) in [7, 11) is 1.33. The number of terminal acetylenes is 1. The molecule has 0 saturated carbocycles. The van der Waals surface area contributed by atoms with Crippen molar-refractivity contribution in [3.8, 4) is 12.3 Å². The van der Waals surface area contributed by atoms with Gasteiger partial charge < -0.3 is 9.84 Å². The molecule has 1 N–H and O–H groups in total. The molecule has 1 unspecified atom stereocenters. The third-order valence-electron chi connectivity index (χ3n) is 1.50. The van der Waals surface area contributed by atoms with Crippen LogP contribution < -0.4 is 0 Å². The largest absolute Gasteiger partial charge is 0.466 e. The Morgan fingerprint density at radius 1 is 1.77 bits per heavy atom. The minimum absolute atomic E-state index is 0.363. The lowest BCUT2D eigenvalue weighted by atomic mass is 10.1. The summed E-state index contributed by atoms with van der Waals surface area (Å²) in [5, 5.41) is 8.96. The second-order valence-electron chi connectivity index (χ2n) is 2.54. The van der Waals surface area contributed by atoms with Crippen LogP contribution in [0.5, 0.6) is 0 Å². The Morgan fingerprint density at radius 3 is 3.00 bits per heavy atom. The standard InChI is InChI=1S/C10H14O3/c1-3-9(11)7-5-4-6-8-10(12)13-2/h1,6,8-9,11H,4-5,7H2,2H3/b8-6+. The molecule has 72 valence electrons. The van der Waals surface area contributed by atoms with Crippen molar-refractivity contribution in [3.63, 3.8) is 0 Å². The molecule has 0 amide bonds. The highest BCUT2D eigenvalue weighted by atomic mass is 16.5. The summed E-state index contributed by atoms with van der Waals surface area (Å²) in [5.74, 6) is 1.85. The van der Waals surface area contributed by atoms with Gasteiger partial charge in [0, 0.05) is 6.08 Å². The van der Waals surface area contributed by atoms with E-state index >= 15 is 0 Å². The quantitative estimate of drug-likeness (QED) is 0.297. The van der Waals surface area contributed by atoms with Gasteiger partial charge in [-0.2, -0.15) is 0 Å². The first-order valence-corrected chi connectivity index (χ1v) is 4.09. The molecule has 0 aliphatic carbocycles. The van der Waals surface area contributed by atoms with E-state index in [0.717, 1.165) is 6.42 Å². The molecule has 0 saturated heterocycles. The Hall–Kier alpha value is -1.27. The Bertz CT molecular complexity index is 213. The molecule has 3 nitrogen and oxygen atoms in total. The predicted octanol–water partition coefficient (Wildman–Crippen LogP) is 0.880. The van der Waals surface area contributed by atoms with Gasteiger partial charge in [-0.05, 0) is 19.3 Å². The van der Waals surface area contributed by atoms with Gasteiger partial charge in [-0.3, -0.25) is 0 Å². The van der Waals surface area contributed by atoms with Crippen LogP contribution in [0.25, 0.3) is 0 Å². The van der Waals surface area contributed by atoms with Crippen molar-refractivity contribution in [2.24, 2.45) is 0 Å². The van der Waals surface area contributed by atoms with Gasteiger partial charge in [0.05, 0.1) is 7.11 Å². The highest BCUT2D eigenvalue weighted by Gasteiger charge is 1.96. The Kier molecular flexibility index (Phi) is 6.66. The highest BCUT2D eigenvalue weighted by molar-refractivity contribution is 5.81. The van der Waals surface area contributed by atoms with Gasteiger partial charge in [-0.25, -0.2) is 4.79 Å². The Balaban J connectivity index is 3.41. The summed E-state index contributed by atoms with van der Waals surface area (Å²) in [4.78, 5) is 10.6. The maximum Gasteiger partial charge on any atom is 0.330 e. The number of ether oxygens (including phenoxy) is 1. The maximum atomic E-state index is 10.6. The van der Waals surface area contributed by atoms with Crippen molar-refractivity contribution in [1.29, 1.82) is 0 Å². The fraction of sp³-hybridized carbons (Fsp3) is 0.500. The van der Waals surface area contributed by atoms with Gasteiger partial charge in [0.1, 0.15) is 6.10 Å². The molecule has 0 rings (SSSR count). The van der Waals surface area contributed by atoms with E-state index < -0.39 is 6.10 Å². The van der Waals surface area contributed by atoms with E-state index in [1.54, 1.807) is 6.08 Å². The van der Waals surface area contributed by atoms with Crippen LogP contribution in [0.1, 0.15) is 19.3 Å². The molecule has 0 radical (unpaired) electrons. The van der Waals surface area contributed by atoms with E-state index in [0.29, 0.717) is 12.8 Å². The fourth-order valence-corrected chi connectivity index (χ4v) is 0.760. The number of unbranched alkanes of at least 4 members (excludes halogenated alkanes) is 1. The van der Waals surface area contributed by atoms with E-state index in [-0.39, 0.29) is 5.97 Å². The zero-order chi connectivity index (χ0) is 10.1. The number of carbonyl (C=O) groups excluding carboxylic acids is 1. The van der Waals surface area contributed by atoms with Crippen LogP contribution in [0.2, 0.25) is 0 Å². The van der Waals surface area contributed by atoms with Crippen molar-refractivity contribution in [2.75, 3.05) is 7.11 Å². The minimum atomic E-state index is -0.675. The van der Waals surface area contributed by atoms with E-state index in [1.165, 1.54) is 13.2 Å². The van der Waals surface area contributed by atoms with Crippen LogP contribution in [0.3, 0.4) is 0 Å². The summed E-state index contributed by atoms with van der Waals surface area (Å²) < 4.78 is 4.39. The van der Waals surface area contributed by atoms with Gasteiger partial charge in [-0.15, -0.1) is 6.42 Å². The summed E-state index contributed by atoms with van der Waals surface area (Å²) in [6, 6.07) is 0. The zero-order valence-electron chi connectivity index (χ0n) is 7.69. The number of rotatable bonds is 5. The first kappa shape index (κ1) is 11.7. The number of aliphatic hydroxyl groups excluding tert-OH is 1. The number of esters is 1. The van der Waals surface area contributed by atoms with Gasteiger partial charge in [0.25, 0.3) is 0 Å². The predicted molar refractivity (Wildman–Crippen MR) is 49.8 cm³/mol. The molecule has 0 aliphatic heterocycles. The SMILES string of the molecule is C#CC(O)CCC/C=C/C(=O)OC. The number of hydrogen-bond acceptors (Lipinski definition) is 3. The van der Waals surface area contributed by atoms with Gasteiger partial charge in [0.2, 0.25) is 0 Å². The number of aliphatic hydroxyl groups is 1. The van der Waals surface area contributed by atoms with Crippen LogP contribution in [0.15, 0.2) is 12.2 Å². The third-order valence-corrected chi connectivity index (χ3v) is 1.50. The molecule has 0 bridgehead atoms. The van der Waals surface area contributed by atoms with Gasteiger partial charge >= 0.3 is 5.97 Å². The molecule has 0 aliphatic rings. The molecular formula is C10H14O3. The molecule has 0 aromatic rings. The summed E-state index contributed by atoms with van der Waals surface area (Å²) in [5.41, 5.74) is 0. The molecule has 0 aromatic carbocycles. The molecule has 0 aromatic heterocycles. The van der Waals surface area contributed by atoms with Crippen molar-refractivity contribution in [3.05, 3.63) is 12.2 Å². The molecule has 3 heteroatoms. The summed E-state index contributed by atoms with van der Waals surface area (Å²) in [6.07, 6.45) is 9.39. The monoisotopic (exact) mass is 182 g/mol. The van der Waals surface area contributed by atoms with Crippen molar-refractivity contribution >= 4 is 5.97 Å². The molecular weight excluding hydrogens is 168 g/mol. The van der Waals surface area contributed by atoms with Crippen LogP contribution in [-0.4, -0.2) is 24.3 Å². The first-order chi connectivity index (χ1) is 6.20. The molecule has 13 heavy (non-hydrogen) atoms. The lowest BCUT2D eigenvalue weighted by Gasteiger charge is -1.99. The Labute approximate surface area is 78.4 Å². The van der Waals surface area contributed by atoms with E-state index in [1.807, 2.05) is 0 Å². The van der Waals surface area contributed by atoms with Crippen LogP contribution in [-0.2, 0) is 9.53 Å². The lowest BCUT2D eigenvalue weighted by Crippen LogP contribution is -2.01. The molecule has 0 fully saturated rings. The van der Waals surface area contributed by atoms with Crippen molar-refractivity contribution in [2.45, 2.75) is 25.4 Å². The summed E-state index contributed by atoms with van der Waals surface area (Å²) in [6.45, 7) is 0. The minimum Gasteiger partial charge on any atom is -0.466 e. The number of hydrogen-bond donors (Lipinski definition) is 1. The Morgan fingerprint density at radius 2 is 2.46 bits per heavy atom. The molecule has 0 spiro atoms. The van der Waals surface area contributed by atoms with E-state index in [9.17, 15) is 4.79 Å². The lowest BCUT2D eigenvalue weighted by molar-refractivity contribution is -0.134. The van der Waals surface area contributed by atoms with Gasteiger partial charge in [0.15, 0.2) is 0 Å². The average molecular weight is 182 g/mol. The number of allylic oxidation sites excluding steroid dienone is 1. The average Bonchev–Trinajstić information content (AvgIpc) is 2.16. The second-order valence-corrected chi connectivity index (χ2v) is 2.54. The van der Waals surface area contributed by atoms with Crippen molar-refractivity contribution in [1.82, 2.24) is 0 Å². The fourth-order valence-electron chi connectivity index (χ4n) is 0.760. The van der Waals surface area contributed by atoms with Gasteiger partial charge in [-0.1, -0.05) is 12.0 Å². The maximum absolute atomic E-state index is 10.6. The molecule has 1 atom stereocenters. The third kappa shape index (κ3) is 7.10. The second kappa shape index (κ2) is 7.38. The summed E-state index contributed by atoms with van der Waals surface area (Å²) >= 11 is 0. The van der Waals surface area contributed by atoms with E-state index in [4.69, 9.17) is 11.5 Å². The highest BCUT2D eigenvalue weighted by Crippen LogP contribution is 2.00. The van der Waals surface area contributed by atoms with Crippen LogP contribution in [0, 0.1) is 12.3 Å². The normalized spacial score (nSPS) is 12.4. The van der Waals surface area contributed by atoms with Crippen molar-refractivity contribution < 1.29 is 14.6 Å². The van der Waals surface area contributed by atoms with Crippen LogP contribution in [0.4, 0.5) is 0 Å². The topological polar surface area (TPSA) is 46.5 Å². The van der Waals surface area contributed by atoms with Crippen LogP contribution >= 0.6 is 0 Å².